The van der Waals surface area contributed by atoms with E-state index in [-0.39, 0.29) is 5.84 Å². The molecule has 0 aliphatic heterocycles. The second-order valence-corrected chi connectivity index (χ2v) is 5.52. The van der Waals surface area contributed by atoms with Crippen molar-refractivity contribution in [2.45, 2.75) is 31.7 Å². The summed E-state index contributed by atoms with van der Waals surface area (Å²) in [5.74, 6) is 0.141. The molecule has 5 heteroatoms. The summed E-state index contributed by atoms with van der Waals surface area (Å²) in [6, 6.07) is 6.43. The number of benzene rings is 1. The highest BCUT2D eigenvalue weighted by atomic mass is 79.9. The van der Waals surface area contributed by atoms with E-state index in [1.165, 1.54) is 25.7 Å². The van der Waals surface area contributed by atoms with E-state index >= 15 is 0 Å². The maximum Gasteiger partial charge on any atom is 0.173 e. The SMILES string of the molecule is CN(c1cccc(Br)c1/C(N)=N/O)C1CCCC1. The van der Waals surface area contributed by atoms with Crippen molar-refractivity contribution in [2.75, 3.05) is 11.9 Å². The number of oxime groups is 1. The highest BCUT2D eigenvalue weighted by Gasteiger charge is 2.23. The Balaban J connectivity index is 2.40. The van der Waals surface area contributed by atoms with Crippen LogP contribution in [-0.2, 0) is 0 Å². The lowest BCUT2D eigenvalue weighted by molar-refractivity contribution is 0.318. The summed E-state index contributed by atoms with van der Waals surface area (Å²) >= 11 is 3.47. The third kappa shape index (κ3) is 2.46. The van der Waals surface area contributed by atoms with E-state index in [0.717, 1.165) is 15.7 Å². The van der Waals surface area contributed by atoms with Crippen LogP contribution in [0.15, 0.2) is 27.8 Å². The van der Waals surface area contributed by atoms with Crippen LogP contribution in [0.3, 0.4) is 0 Å². The normalized spacial score (nSPS) is 17.1. The first-order valence-electron chi connectivity index (χ1n) is 6.14. The zero-order valence-electron chi connectivity index (χ0n) is 10.4. The van der Waals surface area contributed by atoms with Gasteiger partial charge in [-0.25, -0.2) is 0 Å². The minimum Gasteiger partial charge on any atom is -0.409 e. The molecule has 0 atom stereocenters. The van der Waals surface area contributed by atoms with Gasteiger partial charge in [-0.05, 0) is 40.9 Å². The number of hydrogen-bond acceptors (Lipinski definition) is 3. The molecule has 1 aliphatic carbocycles. The monoisotopic (exact) mass is 311 g/mol. The van der Waals surface area contributed by atoms with Gasteiger partial charge >= 0.3 is 0 Å². The van der Waals surface area contributed by atoms with Crippen LogP contribution in [-0.4, -0.2) is 24.1 Å². The zero-order valence-corrected chi connectivity index (χ0v) is 12.0. The predicted molar refractivity (Wildman–Crippen MR) is 77.3 cm³/mol. The van der Waals surface area contributed by atoms with E-state index in [2.05, 4.69) is 33.0 Å². The summed E-state index contributed by atoms with van der Waals surface area (Å²) in [7, 11) is 2.08. The summed E-state index contributed by atoms with van der Waals surface area (Å²) in [6.07, 6.45) is 4.97. The number of hydrogen-bond donors (Lipinski definition) is 2. The first kappa shape index (κ1) is 13.2. The topological polar surface area (TPSA) is 61.8 Å². The van der Waals surface area contributed by atoms with Crippen LogP contribution in [0.2, 0.25) is 0 Å². The van der Waals surface area contributed by atoms with Gasteiger partial charge in [0.15, 0.2) is 5.84 Å². The van der Waals surface area contributed by atoms with Gasteiger partial charge in [-0.1, -0.05) is 24.1 Å². The highest BCUT2D eigenvalue weighted by Crippen LogP contribution is 2.32. The summed E-state index contributed by atoms with van der Waals surface area (Å²) in [5.41, 5.74) is 7.54. The van der Waals surface area contributed by atoms with Gasteiger partial charge in [0.2, 0.25) is 0 Å². The second kappa shape index (κ2) is 5.61. The third-order valence-corrected chi connectivity index (χ3v) is 4.27. The van der Waals surface area contributed by atoms with Crippen LogP contribution in [0, 0.1) is 0 Å². The molecule has 0 amide bonds. The fraction of sp³-hybridized carbons (Fsp3) is 0.462. The van der Waals surface area contributed by atoms with Gasteiger partial charge in [0.25, 0.3) is 0 Å². The molecule has 0 spiro atoms. The Bertz CT molecular complexity index is 456. The van der Waals surface area contributed by atoms with Crippen LogP contribution >= 0.6 is 15.9 Å². The molecule has 98 valence electrons. The average Bonchev–Trinajstić information content (AvgIpc) is 2.90. The summed E-state index contributed by atoms with van der Waals surface area (Å²) in [5, 5.41) is 12.0. The third-order valence-electron chi connectivity index (χ3n) is 3.61. The maximum atomic E-state index is 8.91. The Kier molecular flexibility index (Phi) is 4.11. The van der Waals surface area contributed by atoms with E-state index < -0.39 is 0 Å². The zero-order chi connectivity index (χ0) is 13.1. The van der Waals surface area contributed by atoms with E-state index in [9.17, 15) is 0 Å². The van der Waals surface area contributed by atoms with Gasteiger partial charge in [-0.15, -0.1) is 0 Å². The van der Waals surface area contributed by atoms with Crippen molar-refractivity contribution >= 4 is 27.5 Å². The number of halogens is 1. The van der Waals surface area contributed by atoms with Crippen molar-refractivity contribution in [3.8, 4) is 0 Å². The standard InChI is InChI=1S/C13H18BrN3O/c1-17(9-5-2-3-6-9)11-8-4-7-10(14)12(11)13(15)16-18/h4,7-9,18H,2-3,5-6H2,1H3,(H2,15,16). The molecule has 1 saturated carbocycles. The minimum absolute atomic E-state index is 0.141. The van der Waals surface area contributed by atoms with Gasteiger partial charge < -0.3 is 15.8 Å². The summed E-state index contributed by atoms with van der Waals surface area (Å²) in [4.78, 5) is 2.24. The molecule has 0 bridgehead atoms. The number of amidine groups is 1. The Labute approximate surface area is 116 Å². The fourth-order valence-electron chi connectivity index (χ4n) is 2.60. The Hall–Kier alpha value is -1.23. The molecule has 4 nitrogen and oxygen atoms in total. The van der Waals surface area contributed by atoms with Crippen molar-refractivity contribution in [2.24, 2.45) is 10.9 Å². The fourth-order valence-corrected chi connectivity index (χ4v) is 3.16. The summed E-state index contributed by atoms with van der Waals surface area (Å²) < 4.78 is 0.847. The Morgan fingerprint density at radius 2 is 2.11 bits per heavy atom. The Morgan fingerprint density at radius 3 is 2.72 bits per heavy atom. The molecule has 1 aromatic carbocycles. The second-order valence-electron chi connectivity index (χ2n) is 4.67. The van der Waals surface area contributed by atoms with Crippen LogP contribution in [0.4, 0.5) is 5.69 Å². The largest absolute Gasteiger partial charge is 0.409 e. The molecule has 0 unspecified atom stereocenters. The minimum atomic E-state index is 0.141. The van der Waals surface area contributed by atoms with Crippen LogP contribution in [0.25, 0.3) is 0 Å². The lowest BCUT2D eigenvalue weighted by Gasteiger charge is -2.28. The number of rotatable bonds is 3. The van der Waals surface area contributed by atoms with Crippen molar-refractivity contribution in [3.05, 3.63) is 28.2 Å². The molecule has 3 N–H and O–H groups in total. The van der Waals surface area contributed by atoms with E-state index in [1.54, 1.807) is 0 Å². The molecule has 0 radical (unpaired) electrons. The van der Waals surface area contributed by atoms with Crippen molar-refractivity contribution < 1.29 is 5.21 Å². The first-order valence-corrected chi connectivity index (χ1v) is 6.93. The first-order chi connectivity index (χ1) is 8.65. The summed E-state index contributed by atoms with van der Waals surface area (Å²) in [6.45, 7) is 0. The molecule has 0 saturated heterocycles. The van der Waals surface area contributed by atoms with Crippen molar-refractivity contribution in [1.82, 2.24) is 0 Å². The van der Waals surface area contributed by atoms with Crippen LogP contribution in [0.5, 0.6) is 0 Å². The lowest BCUT2D eigenvalue weighted by Crippen LogP contribution is -2.31. The van der Waals surface area contributed by atoms with Crippen LogP contribution in [0.1, 0.15) is 31.2 Å². The molecule has 0 aromatic heterocycles. The maximum absolute atomic E-state index is 8.91. The highest BCUT2D eigenvalue weighted by molar-refractivity contribution is 9.10. The lowest BCUT2D eigenvalue weighted by atomic mass is 10.1. The quantitative estimate of drug-likeness (QED) is 0.390. The van der Waals surface area contributed by atoms with Gasteiger partial charge in [0.1, 0.15) is 0 Å². The molecule has 2 rings (SSSR count). The molecular weight excluding hydrogens is 294 g/mol. The van der Waals surface area contributed by atoms with Crippen molar-refractivity contribution in [3.63, 3.8) is 0 Å². The van der Waals surface area contributed by atoms with Crippen LogP contribution < -0.4 is 10.6 Å². The Morgan fingerprint density at radius 1 is 1.44 bits per heavy atom. The number of anilines is 1. The van der Waals surface area contributed by atoms with E-state index in [4.69, 9.17) is 10.9 Å². The average molecular weight is 312 g/mol. The molecular formula is C13H18BrN3O. The van der Waals surface area contributed by atoms with Gasteiger partial charge in [0, 0.05) is 23.2 Å². The van der Waals surface area contributed by atoms with Crippen molar-refractivity contribution in [1.29, 1.82) is 0 Å². The van der Waals surface area contributed by atoms with Gasteiger partial charge in [0.05, 0.1) is 5.56 Å². The van der Waals surface area contributed by atoms with E-state index in [1.807, 2.05) is 18.2 Å². The smallest absolute Gasteiger partial charge is 0.173 e. The predicted octanol–water partition coefficient (Wildman–Crippen LogP) is 2.92. The van der Waals surface area contributed by atoms with E-state index in [0.29, 0.717) is 6.04 Å². The molecule has 0 heterocycles. The number of nitrogens with two attached hydrogens (primary N) is 1. The molecule has 1 aromatic rings. The molecule has 1 fully saturated rings. The number of nitrogens with zero attached hydrogens (tertiary/aromatic N) is 2. The molecule has 1 aliphatic rings. The molecule has 18 heavy (non-hydrogen) atoms. The van der Waals surface area contributed by atoms with Gasteiger partial charge in [-0.3, -0.25) is 0 Å². The van der Waals surface area contributed by atoms with Gasteiger partial charge in [-0.2, -0.15) is 0 Å².